The number of hydrogen-bond donors (Lipinski definition) is 0. The van der Waals surface area contributed by atoms with Gasteiger partial charge in [0, 0.05) is 47.0 Å². The van der Waals surface area contributed by atoms with Crippen molar-refractivity contribution in [1.82, 2.24) is 0 Å². The van der Waals surface area contributed by atoms with Gasteiger partial charge in [-0.15, -0.1) is 0 Å². The summed E-state index contributed by atoms with van der Waals surface area (Å²) in [6.07, 6.45) is 7.64. The van der Waals surface area contributed by atoms with Crippen LogP contribution in [-0.2, 0) is 52.4 Å². The molecule has 2 aromatic carbocycles. The highest BCUT2D eigenvalue weighted by molar-refractivity contribution is 6.13. The highest BCUT2D eigenvalue weighted by Gasteiger charge is 2.58. The van der Waals surface area contributed by atoms with Gasteiger partial charge in [0.1, 0.15) is 34.6 Å². The molecule has 0 amide bonds. The van der Waals surface area contributed by atoms with E-state index in [9.17, 15) is 19.2 Å². The summed E-state index contributed by atoms with van der Waals surface area (Å²) in [6, 6.07) is 7.96. The van der Waals surface area contributed by atoms with Crippen molar-refractivity contribution in [3.8, 4) is 11.5 Å². The SMILES string of the molecule is CC(=O)C(C(C)=O)C1C2=CC(C(C)(C)C)=C[C@@]3(Cc4cc(C(C)(C)C)cc(c4O3)C(C(C(C)=O)C(C)=O)C3=CC(C(C)(C)C)=C[C@]4(Cc5cc(C(C)(C)C)cc1c5O4)C3=O)C2=O. The number of carbonyl (C=O) groups excluding carboxylic acids is 6. The fraction of sp³-hybridized carbons (Fsp3) is 0.519. The Morgan fingerprint density at radius 1 is 0.516 bits per heavy atom. The molecule has 3 aliphatic heterocycles. The molecule has 2 aromatic rings. The minimum atomic E-state index is -1.63. The molecule has 0 saturated heterocycles. The summed E-state index contributed by atoms with van der Waals surface area (Å²) in [5, 5.41) is 0. The maximum atomic E-state index is 15.9. The van der Waals surface area contributed by atoms with E-state index in [0.29, 0.717) is 33.8 Å². The summed E-state index contributed by atoms with van der Waals surface area (Å²) < 4.78 is 14.4. The average Bonchev–Trinajstić information content (AvgIpc) is 3.67. The van der Waals surface area contributed by atoms with Crippen molar-refractivity contribution in [3.05, 3.63) is 104 Å². The Labute approximate surface area is 367 Å². The van der Waals surface area contributed by atoms with Gasteiger partial charge in [-0.1, -0.05) is 120 Å². The van der Waals surface area contributed by atoms with Gasteiger partial charge in [0.25, 0.3) is 0 Å². The zero-order valence-electron chi connectivity index (χ0n) is 39.6. The number of ether oxygens (including phenoxy) is 2. The number of allylic oxidation sites excluding steroid dienone is 4. The molecule has 7 rings (SSSR count). The fourth-order valence-electron chi connectivity index (χ4n) is 10.2. The van der Waals surface area contributed by atoms with Gasteiger partial charge in [-0.05, 0) is 94.9 Å². The lowest BCUT2D eigenvalue weighted by Crippen LogP contribution is -2.49. The largest absolute Gasteiger partial charge is 0.474 e. The van der Waals surface area contributed by atoms with Crippen molar-refractivity contribution >= 4 is 34.7 Å². The van der Waals surface area contributed by atoms with Crippen LogP contribution in [0.5, 0.6) is 11.5 Å². The van der Waals surface area contributed by atoms with E-state index in [2.05, 4.69) is 41.5 Å². The third-order valence-electron chi connectivity index (χ3n) is 13.8. The van der Waals surface area contributed by atoms with Gasteiger partial charge in [0.05, 0.1) is 11.8 Å². The van der Waals surface area contributed by atoms with E-state index in [1.807, 2.05) is 90.1 Å². The Morgan fingerprint density at radius 2 is 0.823 bits per heavy atom. The Balaban J connectivity index is 1.72. The first kappa shape index (κ1) is 45.1. The topological polar surface area (TPSA) is 121 Å². The highest BCUT2D eigenvalue weighted by Crippen LogP contribution is 2.57. The Bertz CT molecular complexity index is 2320. The first-order valence-electron chi connectivity index (χ1n) is 22.1. The van der Waals surface area contributed by atoms with E-state index in [-0.39, 0.29) is 24.0 Å². The molecule has 2 unspecified atom stereocenters. The molecule has 0 saturated carbocycles. The van der Waals surface area contributed by atoms with Gasteiger partial charge in [-0.25, -0.2) is 0 Å². The lowest BCUT2D eigenvalue weighted by Gasteiger charge is -2.40. The monoisotopic (exact) mass is 840 g/mol. The maximum absolute atomic E-state index is 15.9. The molecule has 5 aliphatic rings. The van der Waals surface area contributed by atoms with Crippen LogP contribution in [0, 0.1) is 22.7 Å². The molecule has 328 valence electrons. The summed E-state index contributed by atoms with van der Waals surface area (Å²) in [6.45, 7) is 30.3. The van der Waals surface area contributed by atoms with Crippen molar-refractivity contribution in [1.29, 1.82) is 0 Å². The van der Waals surface area contributed by atoms with Crippen molar-refractivity contribution in [2.24, 2.45) is 22.7 Å². The van der Waals surface area contributed by atoms with Crippen molar-refractivity contribution in [2.45, 2.75) is 157 Å². The average molecular weight is 841 g/mol. The van der Waals surface area contributed by atoms with Crippen LogP contribution in [0.1, 0.15) is 156 Å². The molecule has 3 heterocycles. The lowest BCUT2D eigenvalue weighted by atomic mass is 9.66. The third-order valence-corrected chi connectivity index (χ3v) is 13.8. The van der Waals surface area contributed by atoms with Crippen LogP contribution in [0.25, 0.3) is 0 Å². The number of rotatable bonds is 6. The minimum Gasteiger partial charge on any atom is -0.474 e. The Hall–Kier alpha value is -4.98. The normalized spacial score (nSPS) is 24.4. The molecule has 0 N–H and O–H groups in total. The van der Waals surface area contributed by atoms with Gasteiger partial charge >= 0.3 is 0 Å². The number of carbonyl (C=O) groups is 6. The van der Waals surface area contributed by atoms with E-state index in [1.165, 1.54) is 27.7 Å². The maximum Gasteiger partial charge on any atom is 0.207 e. The van der Waals surface area contributed by atoms with E-state index >= 15 is 9.59 Å². The smallest absolute Gasteiger partial charge is 0.207 e. The Kier molecular flexibility index (Phi) is 10.4. The van der Waals surface area contributed by atoms with E-state index in [0.717, 1.165) is 22.3 Å². The number of hydrogen-bond acceptors (Lipinski definition) is 8. The quantitative estimate of drug-likeness (QED) is 0.264. The molecule has 8 nitrogen and oxygen atoms in total. The molecule has 0 fully saturated rings. The number of benzene rings is 2. The van der Waals surface area contributed by atoms with Crippen LogP contribution in [0.2, 0.25) is 0 Å². The third kappa shape index (κ3) is 7.23. The molecule has 8 heteroatoms. The second-order valence-electron chi connectivity index (χ2n) is 22.9. The van der Waals surface area contributed by atoms with E-state index in [1.54, 1.807) is 0 Å². The lowest BCUT2D eigenvalue weighted by molar-refractivity contribution is -0.134. The fourth-order valence-corrected chi connectivity index (χ4v) is 10.2. The van der Waals surface area contributed by atoms with Crippen LogP contribution in [0.15, 0.2) is 70.9 Å². The second-order valence-corrected chi connectivity index (χ2v) is 22.9. The molecule has 0 aromatic heterocycles. The van der Waals surface area contributed by atoms with Crippen molar-refractivity contribution < 1.29 is 38.2 Å². The molecule has 0 radical (unpaired) electrons. The second kappa shape index (κ2) is 14.3. The molecule has 6 bridgehead atoms. The molecular formula is C54H64O8. The summed E-state index contributed by atoms with van der Waals surface area (Å²) in [7, 11) is 0. The predicted molar refractivity (Wildman–Crippen MR) is 241 cm³/mol. The molecular weight excluding hydrogens is 777 g/mol. The number of ketones is 6. The van der Waals surface area contributed by atoms with E-state index in [4.69, 9.17) is 9.47 Å². The summed E-state index contributed by atoms with van der Waals surface area (Å²) in [4.78, 5) is 88.0. The van der Waals surface area contributed by atoms with Gasteiger partial charge in [0.15, 0.2) is 11.2 Å². The molecule has 4 atom stereocenters. The van der Waals surface area contributed by atoms with Crippen LogP contribution in [-0.4, -0.2) is 45.9 Å². The number of Topliss-reactive ketones (excluding diaryl/α,β-unsaturated/α-hetero) is 6. The van der Waals surface area contributed by atoms with Crippen LogP contribution in [0.3, 0.4) is 0 Å². The van der Waals surface area contributed by atoms with Gasteiger partial charge in [-0.2, -0.15) is 0 Å². The van der Waals surface area contributed by atoms with Crippen molar-refractivity contribution in [2.75, 3.05) is 0 Å². The van der Waals surface area contributed by atoms with Crippen LogP contribution < -0.4 is 9.47 Å². The first-order valence-corrected chi connectivity index (χ1v) is 22.1. The molecule has 62 heavy (non-hydrogen) atoms. The van der Waals surface area contributed by atoms with Gasteiger partial charge < -0.3 is 9.47 Å². The van der Waals surface area contributed by atoms with Crippen LogP contribution >= 0.6 is 0 Å². The predicted octanol–water partition coefficient (Wildman–Crippen LogP) is 10.1. The van der Waals surface area contributed by atoms with Gasteiger partial charge in [-0.3, -0.25) is 28.8 Å². The standard InChI is InChI=1S/C54H64O8/c1-27(55)41(28(2)56)43-37-19-33(49(5,6)7)17-31-23-54(61-45(31)37)26-36(52(14,15)16)22-40(48(54)60)44(42(29(3)57)30(4)58)38-20-34(50(8,9)10)18-32-24-53(62-46(32)38)25-35(51(11,12)13)21-39(43)47(53)59/h17-22,25-26,41-44H,23-24H2,1-16H3/t43?,44?,53-,54+. The Morgan fingerprint density at radius 3 is 1.08 bits per heavy atom. The van der Waals surface area contributed by atoms with Gasteiger partial charge in [0.2, 0.25) is 11.6 Å². The first-order chi connectivity index (χ1) is 28.3. The zero-order chi connectivity index (χ0) is 46.2. The highest BCUT2D eigenvalue weighted by atomic mass is 16.5. The zero-order valence-corrected chi connectivity index (χ0v) is 39.6. The van der Waals surface area contributed by atoms with Crippen LogP contribution in [0.4, 0.5) is 0 Å². The molecule has 2 aliphatic carbocycles. The van der Waals surface area contributed by atoms with Crippen molar-refractivity contribution in [3.63, 3.8) is 0 Å². The number of fused-ring (bicyclic) bond motifs is 2. The molecule has 2 spiro atoms. The summed E-state index contributed by atoms with van der Waals surface area (Å²) in [5.41, 5.74) is 0.981. The minimum absolute atomic E-state index is 0.102. The summed E-state index contributed by atoms with van der Waals surface area (Å²) >= 11 is 0. The van der Waals surface area contributed by atoms with E-state index < -0.39 is 91.2 Å². The summed E-state index contributed by atoms with van der Waals surface area (Å²) in [5.74, 6) is -6.42.